The first kappa shape index (κ1) is 12.3. The van der Waals surface area contributed by atoms with Gasteiger partial charge in [-0.15, -0.1) is 0 Å². The molecule has 2 heterocycles. The van der Waals surface area contributed by atoms with Crippen LogP contribution in [0.25, 0.3) is 0 Å². The summed E-state index contributed by atoms with van der Waals surface area (Å²) in [6, 6.07) is 1.91. The highest BCUT2D eigenvalue weighted by atomic mass is 32.1. The summed E-state index contributed by atoms with van der Waals surface area (Å²) >= 11 is 1.54. The molecule has 1 amide bonds. The van der Waals surface area contributed by atoms with E-state index in [1.165, 1.54) is 11.2 Å². The summed E-state index contributed by atoms with van der Waals surface area (Å²) in [6.45, 7) is 0.425. The van der Waals surface area contributed by atoms with Crippen molar-refractivity contribution < 1.29 is 14.7 Å². The van der Waals surface area contributed by atoms with Gasteiger partial charge in [0.1, 0.15) is 0 Å². The van der Waals surface area contributed by atoms with Crippen LogP contribution in [0.4, 0.5) is 0 Å². The molecule has 0 saturated carbocycles. The number of nitrogens with one attached hydrogen (secondary N) is 1. The van der Waals surface area contributed by atoms with Crippen molar-refractivity contribution in [3.05, 3.63) is 40.1 Å². The Morgan fingerprint density at radius 2 is 2.33 bits per heavy atom. The lowest BCUT2D eigenvalue weighted by atomic mass is 10.2. The molecule has 0 saturated heterocycles. The topological polar surface area (TPSA) is 86.3 Å². The number of imidazole rings is 1. The molecule has 2 aromatic heterocycles. The first-order chi connectivity index (χ1) is 8.59. The van der Waals surface area contributed by atoms with E-state index in [-0.39, 0.29) is 11.4 Å². The highest BCUT2D eigenvalue weighted by Crippen LogP contribution is 2.12. The quantitative estimate of drug-likeness (QED) is 0.875. The van der Waals surface area contributed by atoms with E-state index < -0.39 is 11.9 Å². The molecule has 0 aromatic carbocycles. The maximum atomic E-state index is 12.0. The normalized spacial score (nSPS) is 10.3. The maximum absolute atomic E-state index is 12.0. The third-order valence-corrected chi connectivity index (χ3v) is 3.13. The number of hydrogen-bond acceptors (Lipinski definition) is 4. The van der Waals surface area contributed by atoms with Crippen molar-refractivity contribution in [1.82, 2.24) is 14.9 Å². The molecule has 7 heteroatoms. The maximum Gasteiger partial charge on any atom is 0.354 e. The second-order valence-corrected chi connectivity index (χ2v) is 4.50. The molecule has 18 heavy (non-hydrogen) atoms. The van der Waals surface area contributed by atoms with Crippen molar-refractivity contribution in [2.75, 3.05) is 7.05 Å². The lowest BCUT2D eigenvalue weighted by Crippen LogP contribution is -2.27. The number of thiophene rings is 1. The van der Waals surface area contributed by atoms with Gasteiger partial charge < -0.3 is 15.0 Å². The zero-order chi connectivity index (χ0) is 13.1. The molecule has 0 aliphatic heterocycles. The van der Waals surface area contributed by atoms with Crippen LogP contribution in [-0.2, 0) is 6.54 Å². The van der Waals surface area contributed by atoms with Crippen LogP contribution in [0.3, 0.4) is 0 Å². The SMILES string of the molecule is CN(Cc1ccsc1)C(=O)c1nc[nH]c1C(=O)O. The molecule has 0 spiro atoms. The third-order valence-electron chi connectivity index (χ3n) is 2.40. The van der Waals surface area contributed by atoms with Crippen LogP contribution in [0.15, 0.2) is 23.2 Å². The molecule has 0 aliphatic rings. The number of carbonyl (C=O) groups is 2. The largest absolute Gasteiger partial charge is 0.477 e. The minimum atomic E-state index is -1.19. The number of carboxylic acid groups (broad SMARTS) is 1. The first-order valence-corrected chi connectivity index (χ1v) is 6.07. The van der Waals surface area contributed by atoms with E-state index in [2.05, 4.69) is 9.97 Å². The van der Waals surface area contributed by atoms with Gasteiger partial charge >= 0.3 is 5.97 Å². The van der Waals surface area contributed by atoms with Gasteiger partial charge in [-0.25, -0.2) is 9.78 Å². The second kappa shape index (κ2) is 5.01. The number of carbonyl (C=O) groups excluding carboxylic acids is 1. The van der Waals surface area contributed by atoms with Gasteiger partial charge in [0.15, 0.2) is 11.4 Å². The fraction of sp³-hybridized carbons (Fsp3) is 0.182. The first-order valence-electron chi connectivity index (χ1n) is 5.13. The molecule has 0 bridgehead atoms. The third kappa shape index (κ3) is 2.40. The number of carboxylic acids is 1. The van der Waals surface area contributed by atoms with E-state index in [4.69, 9.17) is 5.11 Å². The summed E-state index contributed by atoms with van der Waals surface area (Å²) in [5, 5.41) is 12.8. The summed E-state index contributed by atoms with van der Waals surface area (Å²) in [6.07, 6.45) is 1.20. The van der Waals surface area contributed by atoms with Crippen molar-refractivity contribution in [2.45, 2.75) is 6.54 Å². The lowest BCUT2D eigenvalue weighted by Gasteiger charge is -2.15. The molecule has 6 nitrogen and oxygen atoms in total. The number of aromatic nitrogens is 2. The Labute approximate surface area is 107 Å². The fourth-order valence-electron chi connectivity index (χ4n) is 1.53. The van der Waals surface area contributed by atoms with E-state index in [1.54, 1.807) is 18.4 Å². The van der Waals surface area contributed by atoms with E-state index >= 15 is 0 Å². The molecule has 0 atom stereocenters. The van der Waals surface area contributed by atoms with Gasteiger partial charge in [0.25, 0.3) is 5.91 Å². The van der Waals surface area contributed by atoms with Gasteiger partial charge in [0, 0.05) is 13.6 Å². The van der Waals surface area contributed by atoms with Gasteiger partial charge in [-0.05, 0) is 22.4 Å². The smallest absolute Gasteiger partial charge is 0.354 e. The zero-order valence-corrected chi connectivity index (χ0v) is 10.4. The predicted octanol–water partition coefficient (Wildman–Crippen LogP) is 1.44. The summed E-state index contributed by atoms with van der Waals surface area (Å²) in [5.41, 5.74) is 0.751. The van der Waals surface area contributed by atoms with Gasteiger partial charge in [-0.3, -0.25) is 4.79 Å². The molecule has 0 fully saturated rings. The van der Waals surface area contributed by atoms with E-state index in [0.717, 1.165) is 5.56 Å². The summed E-state index contributed by atoms with van der Waals surface area (Å²) < 4.78 is 0. The highest BCUT2D eigenvalue weighted by Gasteiger charge is 2.22. The molecule has 2 aromatic rings. The predicted molar refractivity (Wildman–Crippen MR) is 65.7 cm³/mol. The van der Waals surface area contributed by atoms with Crippen LogP contribution in [0.1, 0.15) is 26.5 Å². The van der Waals surface area contributed by atoms with Crippen molar-refractivity contribution in [3.63, 3.8) is 0 Å². The summed E-state index contributed by atoms with van der Waals surface area (Å²) in [4.78, 5) is 30.6. The number of aromatic carboxylic acids is 1. The molecule has 0 aliphatic carbocycles. The van der Waals surface area contributed by atoms with Crippen LogP contribution in [0.2, 0.25) is 0 Å². The Morgan fingerprint density at radius 3 is 2.94 bits per heavy atom. The second-order valence-electron chi connectivity index (χ2n) is 3.72. The Kier molecular flexibility index (Phi) is 3.42. The van der Waals surface area contributed by atoms with Crippen LogP contribution in [-0.4, -0.2) is 38.9 Å². The van der Waals surface area contributed by atoms with Crippen molar-refractivity contribution in [1.29, 1.82) is 0 Å². The Balaban J connectivity index is 2.15. The van der Waals surface area contributed by atoms with Crippen molar-refractivity contribution in [3.8, 4) is 0 Å². The van der Waals surface area contributed by atoms with Crippen LogP contribution >= 0.6 is 11.3 Å². The van der Waals surface area contributed by atoms with Gasteiger partial charge in [-0.1, -0.05) is 0 Å². The molecule has 0 unspecified atom stereocenters. The van der Waals surface area contributed by atoms with E-state index in [9.17, 15) is 9.59 Å². The average molecular weight is 265 g/mol. The molecule has 2 rings (SSSR count). The Morgan fingerprint density at radius 1 is 1.56 bits per heavy atom. The van der Waals surface area contributed by atoms with Crippen molar-refractivity contribution >= 4 is 23.2 Å². The number of rotatable bonds is 4. The summed E-state index contributed by atoms with van der Waals surface area (Å²) in [5.74, 6) is -1.61. The number of hydrogen-bond donors (Lipinski definition) is 2. The van der Waals surface area contributed by atoms with Crippen LogP contribution < -0.4 is 0 Å². The van der Waals surface area contributed by atoms with E-state index in [0.29, 0.717) is 6.54 Å². The summed E-state index contributed by atoms with van der Waals surface area (Å²) in [7, 11) is 1.61. The van der Waals surface area contributed by atoms with E-state index in [1.807, 2.05) is 16.8 Å². The molecule has 0 radical (unpaired) electrons. The fourth-order valence-corrected chi connectivity index (χ4v) is 2.19. The zero-order valence-electron chi connectivity index (χ0n) is 9.58. The number of amides is 1. The molecular weight excluding hydrogens is 254 g/mol. The standard InChI is InChI=1S/C11H11N3O3S/c1-14(4-7-2-3-18-5-7)10(15)8-9(11(16)17)13-6-12-8/h2-3,5-6H,4H2,1H3,(H,12,13)(H,16,17). The Hall–Kier alpha value is -2.15. The van der Waals surface area contributed by atoms with Gasteiger partial charge in [0.05, 0.1) is 6.33 Å². The Bertz CT molecular complexity index is 562. The van der Waals surface area contributed by atoms with Crippen LogP contribution in [0, 0.1) is 0 Å². The molecule has 2 N–H and O–H groups in total. The molecular formula is C11H11N3O3S. The monoisotopic (exact) mass is 265 g/mol. The van der Waals surface area contributed by atoms with Gasteiger partial charge in [-0.2, -0.15) is 11.3 Å². The average Bonchev–Trinajstić information content (AvgIpc) is 2.97. The minimum Gasteiger partial charge on any atom is -0.477 e. The highest BCUT2D eigenvalue weighted by molar-refractivity contribution is 7.07. The van der Waals surface area contributed by atoms with Gasteiger partial charge in [0.2, 0.25) is 0 Å². The van der Waals surface area contributed by atoms with Crippen LogP contribution in [0.5, 0.6) is 0 Å². The number of aromatic amines is 1. The number of H-pyrrole nitrogens is 1. The number of nitrogens with zero attached hydrogens (tertiary/aromatic N) is 2. The lowest BCUT2D eigenvalue weighted by molar-refractivity contribution is 0.0674. The van der Waals surface area contributed by atoms with Crippen molar-refractivity contribution in [2.24, 2.45) is 0 Å². The molecule has 94 valence electrons. The minimum absolute atomic E-state index is 0.0692.